The van der Waals surface area contributed by atoms with Crippen LogP contribution in [0.5, 0.6) is 0 Å². The number of carbonyl (C=O) groups is 1. The van der Waals surface area contributed by atoms with Crippen LogP contribution in [0.4, 0.5) is 11.6 Å². The zero-order chi connectivity index (χ0) is 15.8. The van der Waals surface area contributed by atoms with Gasteiger partial charge < -0.3 is 16.0 Å². The number of nitrogens with one attached hydrogen (secondary N) is 3. The molecule has 0 aliphatic heterocycles. The second-order valence-corrected chi connectivity index (χ2v) is 5.22. The van der Waals surface area contributed by atoms with E-state index in [1.54, 1.807) is 0 Å². The molecular weight excluding hydrogens is 266 g/mol. The fraction of sp³-hybridized carbons (Fsp3) is 0.667. The minimum atomic E-state index is 0.0488. The SMILES string of the molecule is CCNC(=O)CCNc1nc(C(C)C)nc(NCC)c1C. The lowest BCUT2D eigenvalue weighted by molar-refractivity contribution is -0.120. The molecule has 3 N–H and O–H groups in total. The Morgan fingerprint density at radius 2 is 1.71 bits per heavy atom. The molecule has 0 saturated heterocycles. The summed E-state index contributed by atoms with van der Waals surface area (Å²) in [5.74, 6) is 2.77. The summed E-state index contributed by atoms with van der Waals surface area (Å²) in [7, 11) is 0. The van der Waals surface area contributed by atoms with Gasteiger partial charge in [-0.15, -0.1) is 0 Å². The Hall–Kier alpha value is -1.85. The molecule has 0 aliphatic carbocycles. The minimum absolute atomic E-state index is 0.0488. The topological polar surface area (TPSA) is 78.9 Å². The lowest BCUT2D eigenvalue weighted by atomic mass is 10.2. The van der Waals surface area contributed by atoms with Crippen molar-refractivity contribution in [2.24, 2.45) is 0 Å². The number of amides is 1. The molecule has 1 amide bonds. The summed E-state index contributed by atoms with van der Waals surface area (Å²) in [4.78, 5) is 20.6. The van der Waals surface area contributed by atoms with Crippen LogP contribution >= 0.6 is 0 Å². The lowest BCUT2D eigenvalue weighted by Gasteiger charge is -2.15. The molecule has 1 rings (SSSR count). The summed E-state index contributed by atoms with van der Waals surface area (Å²) in [5, 5.41) is 9.29. The fourth-order valence-corrected chi connectivity index (χ4v) is 1.88. The molecule has 0 saturated carbocycles. The molecule has 0 spiro atoms. The van der Waals surface area contributed by atoms with Crippen molar-refractivity contribution in [1.29, 1.82) is 0 Å². The van der Waals surface area contributed by atoms with Crippen molar-refractivity contribution in [2.75, 3.05) is 30.3 Å². The Labute approximate surface area is 127 Å². The van der Waals surface area contributed by atoms with Crippen molar-refractivity contribution >= 4 is 17.5 Å². The number of nitrogens with zero attached hydrogens (tertiary/aromatic N) is 2. The van der Waals surface area contributed by atoms with Gasteiger partial charge in [0.05, 0.1) is 0 Å². The van der Waals surface area contributed by atoms with E-state index in [9.17, 15) is 4.79 Å². The van der Waals surface area contributed by atoms with E-state index in [2.05, 4.69) is 39.8 Å². The summed E-state index contributed by atoms with van der Waals surface area (Å²) in [6.07, 6.45) is 0.435. The highest BCUT2D eigenvalue weighted by molar-refractivity contribution is 5.76. The van der Waals surface area contributed by atoms with E-state index in [0.29, 0.717) is 19.5 Å². The van der Waals surface area contributed by atoms with Gasteiger partial charge in [-0.05, 0) is 20.8 Å². The fourth-order valence-electron chi connectivity index (χ4n) is 1.88. The first-order valence-electron chi connectivity index (χ1n) is 7.62. The molecular formula is C15H27N5O. The first kappa shape index (κ1) is 17.2. The standard InChI is InChI=1S/C15H27N5O/c1-6-16-12(21)8-9-18-15-11(5)14(17-7-2)19-13(20-15)10(3)4/h10H,6-9H2,1-5H3,(H,16,21)(H2,17,18,19,20). The van der Waals surface area contributed by atoms with Gasteiger partial charge in [0.1, 0.15) is 17.5 Å². The summed E-state index contributed by atoms with van der Waals surface area (Å²) in [5.41, 5.74) is 0.983. The first-order chi connectivity index (χ1) is 9.99. The normalized spacial score (nSPS) is 10.6. The molecule has 1 aromatic rings. The van der Waals surface area contributed by atoms with Crippen LogP contribution in [0.2, 0.25) is 0 Å². The van der Waals surface area contributed by atoms with Crippen LogP contribution < -0.4 is 16.0 Å². The Morgan fingerprint density at radius 1 is 1.10 bits per heavy atom. The van der Waals surface area contributed by atoms with E-state index in [1.807, 2.05) is 20.8 Å². The molecule has 21 heavy (non-hydrogen) atoms. The zero-order valence-electron chi connectivity index (χ0n) is 13.7. The predicted octanol–water partition coefficient (Wildman–Crippen LogP) is 2.28. The maximum atomic E-state index is 11.5. The van der Waals surface area contributed by atoms with Gasteiger partial charge in [-0.25, -0.2) is 9.97 Å². The number of anilines is 2. The largest absolute Gasteiger partial charge is 0.370 e. The maximum Gasteiger partial charge on any atom is 0.221 e. The average molecular weight is 293 g/mol. The van der Waals surface area contributed by atoms with E-state index in [-0.39, 0.29) is 11.8 Å². The van der Waals surface area contributed by atoms with Gasteiger partial charge in [0, 0.05) is 37.5 Å². The highest BCUT2D eigenvalue weighted by Gasteiger charge is 2.12. The molecule has 1 heterocycles. The van der Waals surface area contributed by atoms with Gasteiger partial charge in [-0.3, -0.25) is 4.79 Å². The van der Waals surface area contributed by atoms with Crippen molar-refractivity contribution in [3.63, 3.8) is 0 Å². The van der Waals surface area contributed by atoms with Crippen molar-refractivity contribution in [3.05, 3.63) is 11.4 Å². The van der Waals surface area contributed by atoms with E-state index >= 15 is 0 Å². The average Bonchev–Trinajstić information content (AvgIpc) is 2.43. The summed E-state index contributed by atoms with van der Waals surface area (Å²) in [6, 6.07) is 0. The molecule has 0 radical (unpaired) electrons. The van der Waals surface area contributed by atoms with Gasteiger partial charge in [-0.1, -0.05) is 13.8 Å². The van der Waals surface area contributed by atoms with Crippen LogP contribution in [-0.2, 0) is 4.79 Å². The number of aromatic nitrogens is 2. The molecule has 1 aromatic heterocycles. The van der Waals surface area contributed by atoms with Crippen molar-refractivity contribution in [3.8, 4) is 0 Å². The molecule has 0 unspecified atom stereocenters. The maximum absolute atomic E-state index is 11.5. The summed E-state index contributed by atoms with van der Waals surface area (Å²) >= 11 is 0. The van der Waals surface area contributed by atoms with Crippen LogP contribution in [0, 0.1) is 6.92 Å². The van der Waals surface area contributed by atoms with E-state index in [1.165, 1.54) is 0 Å². The molecule has 0 bridgehead atoms. The van der Waals surface area contributed by atoms with Crippen LogP contribution in [0.1, 0.15) is 51.4 Å². The lowest BCUT2D eigenvalue weighted by Crippen LogP contribution is -2.25. The molecule has 118 valence electrons. The number of hydrogen-bond donors (Lipinski definition) is 3. The summed E-state index contributed by atoms with van der Waals surface area (Å²) in [6.45, 7) is 12.1. The van der Waals surface area contributed by atoms with Gasteiger partial charge in [0.2, 0.25) is 5.91 Å². The van der Waals surface area contributed by atoms with E-state index in [0.717, 1.165) is 29.6 Å². The molecule has 6 heteroatoms. The Morgan fingerprint density at radius 3 is 2.24 bits per heavy atom. The predicted molar refractivity (Wildman–Crippen MR) is 86.8 cm³/mol. The van der Waals surface area contributed by atoms with Crippen LogP contribution in [0.3, 0.4) is 0 Å². The Bertz CT molecular complexity index is 473. The smallest absolute Gasteiger partial charge is 0.221 e. The highest BCUT2D eigenvalue weighted by Crippen LogP contribution is 2.22. The van der Waals surface area contributed by atoms with Crippen molar-refractivity contribution in [1.82, 2.24) is 15.3 Å². The third kappa shape index (κ3) is 5.21. The van der Waals surface area contributed by atoms with Gasteiger partial charge in [0.25, 0.3) is 0 Å². The molecule has 0 atom stereocenters. The number of hydrogen-bond acceptors (Lipinski definition) is 5. The van der Waals surface area contributed by atoms with Gasteiger partial charge >= 0.3 is 0 Å². The molecule has 0 fully saturated rings. The highest BCUT2D eigenvalue weighted by atomic mass is 16.1. The van der Waals surface area contributed by atoms with E-state index in [4.69, 9.17) is 0 Å². The quantitative estimate of drug-likeness (QED) is 0.685. The molecule has 0 aliphatic rings. The third-order valence-electron chi connectivity index (χ3n) is 3.04. The van der Waals surface area contributed by atoms with Crippen molar-refractivity contribution in [2.45, 2.75) is 47.0 Å². The molecule has 6 nitrogen and oxygen atoms in total. The Kier molecular flexibility index (Phi) is 6.91. The van der Waals surface area contributed by atoms with Crippen molar-refractivity contribution < 1.29 is 4.79 Å². The van der Waals surface area contributed by atoms with Crippen LogP contribution in [0.15, 0.2) is 0 Å². The van der Waals surface area contributed by atoms with Gasteiger partial charge in [-0.2, -0.15) is 0 Å². The van der Waals surface area contributed by atoms with Crippen LogP contribution in [0.25, 0.3) is 0 Å². The number of rotatable bonds is 8. The van der Waals surface area contributed by atoms with E-state index < -0.39 is 0 Å². The summed E-state index contributed by atoms with van der Waals surface area (Å²) < 4.78 is 0. The first-order valence-corrected chi connectivity index (χ1v) is 7.62. The third-order valence-corrected chi connectivity index (χ3v) is 3.04. The van der Waals surface area contributed by atoms with Crippen LogP contribution in [-0.4, -0.2) is 35.5 Å². The number of carbonyl (C=O) groups excluding carboxylic acids is 1. The molecule has 0 aromatic carbocycles. The minimum Gasteiger partial charge on any atom is -0.370 e. The Balaban J connectivity index is 2.82. The van der Waals surface area contributed by atoms with Gasteiger partial charge in [0.15, 0.2) is 0 Å². The second-order valence-electron chi connectivity index (χ2n) is 5.22. The second kappa shape index (κ2) is 8.44. The zero-order valence-corrected chi connectivity index (χ0v) is 13.7. The monoisotopic (exact) mass is 293 g/mol.